The lowest BCUT2D eigenvalue weighted by Gasteiger charge is -2.34. The van der Waals surface area contributed by atoms with Crippen LogP contribution in [0.2, 0.25) is 0 Å². The van der Waals surface area contributed by atoms with Gasteiger partial charge in [0.25, 0.3) is 5.91 Å². The second-order valence-corrected chi connectivity index (χ2v) is 12.9. The van der Waals surface area contributed by atoms with Gasteiger partial charge in [-0.2, -0.15) is 0 Å². The maximum absolute atomic E-state index is 13.3. The number of carbonyl (C=O) groups excluding carboxylic acids is 4. The average Bonchev–Trinajstić information content (AvgIpc) is 3.38. The molecule has 2 N–H and O–H groups in total. The van der Waals surface area contributed by atoms with E-state index in [0.29, 0.717) is 25.7 Å². The smallest absolute Gasteiger partial charge is 0.309 e. The number of rotatable bonds is 3. The number of thiazole rings is 1. The molecule has 2 saturated heterocycles. The molecule has 10 heteroatoms. The molecular formula is C29H42N2O7S. The molecule has 0 radical (unpaired) electrons. The van der Waals surface area contributed by atoms with E-state index in [1.165, 1.54) is 18.3 Å². The van der Waals surface area contributed by atoms with Crippen LogP contribution in [0.5, 0.6) is 0 Å². The van der Waals surface area contributed by atoms with Gasteiger partial charge < -0.3 is 19.8 Å². The summed E-state index contributed by atoms with van der Waals surface area (Å²) in [4.78, 5) is 57.0. The maximum Gasteiger partial charge on any atom is 0.309 e. The van der Waals surface area contributed by atoms with E-state index in [9.17, 15) is 29.4 Å². The molecular weight excluding hydrogens is 520 g/mol. The van der Waals surface area contributed by atoms with Crippen molar-refractivity contribution < 1.29 is 34.1 Å². The summed E-state index contributed by atoms with van der Waals surface area (Å²) < 4.78 is 5.87. The van der Waals surface area contributed by atoms with Crippen LogP contribution in [0, 0.1) is 24.2 Å². The fraction of sp³-hybridized carbons (Fsp3) is 0.690. The molecule has 0 saturated carbocycles. The second kappa shape index (κ2) is 12.4. The molecule has 1 amide bonds. The van der Waals surface area contributed by atoms with E-state index in [0.717, 1.165) is 16.3 Å². The first-order valence-electron chi connectivity index (χ1n) is 13.7. The van der Waals surface area contributed by atoms with Gasteiger partial charge in [-0.1, -0.05) is 34.1 Å². The number of aromatic nitrogens is 1. The Morgan fingerprint density at radius 2 is 1.82 bits per heavy atom. The molecule has 9 nitrogen and oxygen atoms in total. The van der Waals surface area contributed by atoms with Gasteiger partial charge in [-0.15, -0.1) is 11.3 Å². The van der Waals surface area contributed by atoms with E-state index in [4.69, 9.17) is 4.74 Å². The van der Waals surface area contributed by atoms with Gasteiger partial charge in [-0.3, -0.25) is 19.2 Å². The highest BCUT2D eigenvalue weighted by atomic mass is 32.1. The number of Topliss-reactive ketones (excluding diaryl/α,β-unsaturated/α-hetero) is 2. The normalized spacial score (nSPS) is 32.8. The van der Waals surface area contributed by atoms with Gasteiger partial charge in [0, 0.05) is 24.6 Å². The maximum atomic E-state index is 13.3. The molecule has 2 fully saturated rings. The predicted octanol–water partition coefficient (Wildman–Crippen LogP) is 3.49. The summed E-state index contributed by atoms with van der Waals surface area (Å²) in [6.45, 7) is 11.7. The lowest BCUT2D eigenvalue weighted by molar-refractivity contribution is -0.154. The number of hydrogen-bond acceptors (Lipinski definition) is 9. The van der Waals surface area contributed by atoms with Crippen LogP contribution in [-0.2, 0) is 23.9 Å². The highest BCUT2D eigenvalue weighted by Crippen LogP contribution is 2.39. The fourth-order valence-corrected chi connectivity index (χ4v) is 6.15. The number of ketones is 2. The number of nitrogens with zero attached hydrogens (tertiary/aromatic N) is 2. The van der Waals surface area contributed by atoms with Crippen molar-refractivity contribution in [2.75, 3.05) is 0 Å². The predicted molar refractivity (Wildman–Crippen MR) is 148 cm³/mol. The Morgan fingerprint density at radius 3 is 2.41 bits per heavy atom. The van der Waals surface area contributed by atoms with Crippen LogP contribution in [0.4, 0.5) is 0 Å². The molecule has 2 aliphatic heterocycles. The van der Waals surface area contributed by atoms with Crippen LogP contribution in [0.1, 0.15) is 84.3 Å². The first-order chi connectivity index (χ1) is 18.1. The summed E-state index contributed by atoms with van der Waals surface area (Å²) >= 11 is 1.50. The number of ether oxygens (including phenoxy) is 1. The van der Waals surface area contributed by atoms with Crippen molar-refractivity contribution >= 4 is 40.9 Å². The summed E-state index contributed by atoms with van der Waals surface area (Å²) in [6.07, 6.45) is 0.737. The van der Waals surface area contributed by atoms with Gasteiger partial charge in [-0.05, 0) is 44.3 Å². The Hall–Kier alpha value is -2.43. The van der Waals surface area contributed by atoms with Gasteiger partial charge in [-0.25, -0.2) is 4.98 Å². The topological polar surface area (TPSA) is 134 Å². The van der Waals surface area contributed by atoms with Crippen LogP contribution in [0.3, 0.4) is 0 Å². The Kier molecular flexibility index (Phi) is 9.88. The van der Waals surface area contributed by atoms with Crippen molar-refractivity contribution in [3.05, 3.63) is 21.7 Å². The van der Waals surface area contributed by atoms with Crippen molar-refractivity contribution in [3.63, 3.8) is 0 Å². The second-order valence-electron chi connectivity index (χ2n) is 11.8. The van der Waals surface area contributed by atoms with Crippen LogP contribution < -0.4 is 0 Å². The zero-order valence-electron chi connectivity index (χ0n) is 24.0. The molecule has 3 rings (SSSR count). The molecule has 216 valence electrons. The molecule has 0 aromatic carbocycles. The van der Waals surface area contributed by atoms with E-state index in [1.54, 1.807) is 25.7 Å². The van der Waals surface area contributed by atoms with Crippen LogP contribution >= 0.6 is 11.3 Å². The largest absolute Gasteiger partial charge is 0.458 e. The molecule has 0 aliphatic carbocycles. The third-order valence-electron chi connectivity index (χ3n) is 8.35. The fourth-order valence-electron chi connectivity index (χ4n) is 5.58. The summed E-state index contributed by atoms with van der Waals surface area (Å²) in [5, 5.41) is 24.6. The molecule has 0 spiro atoms. The number of carbonyl (C=O) groups is 4. The molecule has 1 aromatic heterocycles. The van der Waals surface area contributed by atoms with Crippen molar-refractivity contribution in [3.8, 4) is 0 Å². The molecule has 39 heavy (non-hydrogen) atoms. The molecule has 1 aromatic rings. The number of aliphatic hydroxyl groups is 2. The quantitative estimate of drug-likeness (QED) is 0.325. The van der Waals surface area contributed by atoms with E-state index < -0.39 is 53.7 Å². The van der Waals surface area contributed by atoms with Crippen LogP contribution in [-0.4, -0.2) is 73.9 Å². The molecule has 0 unspecified atom stereocenters. The first-order valence-corrected chi connectivity index (χ1v) is 14.6. The number of esters is 1. The van der Waals surface area contributed by atoms with E-state index in [2.05, 4.69) is 4.98 Å². The molecule has 3 heterocycles. The summed E-state index contributed by atoms with van der Waals surface area (Å²) in [6, 6.07) is -0.465. The summed E-state index contributed by atoms with van der Waals surface area (Å²) in [7, 11) is 0. The van der Waals surface area contributed by atoms with E-state index >= 15 is 0 Å². The number of cyclic esters (lactones) is 1. The number of fused-ring (bicyclic) bond motifs is 1. The van der Waals surface area contributed by atoms with E-state index in [-0.39, 0.29) is 23.8 Å². The SMILES string of the molecule is CC(=O)C(=O)N1[C@@H]2CCC[C@H](C)[C@H](O)[C@@H](C)C(=O)C(C)(C)[C@@H](O)CC(=O)O[C@H](/C(C)=C/c3csc(C)n3)C[C@@H]21. The third kappa shape index (κ3) is 7.21. The number of amides is 1. The zero-order chi connectivity index (χ0) is 29.2. The Labute approximate surface area is 234 Å². The average molecular weight is 563 g/mol. The van der Waals surface area contributed by atoms with Crippen LogP contribution in [0.25, 0.3) is 6.08 Å². The minimum absolute atomic E-state index is 0.183. The van der Waals surface area contributed by atoms with Crippen molar-refractivity contribution in [2.24, 2.45) is 17.3 Å². The van der Waals surface area contributed by atoms with Gasteiger partial charge in [0.05, 0.1) is 46.8 Å². The van der Waals surface area contributed by atoms with E-state index in [1.807, 2.05) is 32.2 Å². The monoisotopic (exact) mass is 562 g/mol. The highest BCUT2D eigenvalue weighted by Gasteiger charge is 2.52. The van der Waals surface area contributed by atoms with Crippen molar-refractivity contribution in [1.29, 1.82) is 0 Å². The highest BCUT2D eigenvalue weighted by molar-refractivity contribution is 7.09. The number of aliphatic hydroxyl groups excluding tert-OH is 2. The van der Waals surface area contributed by atoms with Crippen molar-refractivity contribution in [1.82, 2.24) is 9.88 Å². The van der Waals surface area contributed by atoms with Gasteiger partial charge in [0.2, 0.25) is 5.78 Å². The first kappa shape index (κ1) is 31.1. The zero-order valence-corrected chi connectivity index (χ0v) is 24.8. The molecule has 2 aliphatic rings. The van der Waals surface area contributed by atoms with Gasteiger partial charge >= 0.3 is 5.97 Å². The minimum Gasteiger partial charge on any atom is -0.458 e. The minimum atomic E-state index is -1.31. The van der Waals surface area contributed by atoms with Crippen molar-refractivity contribution in [2.45, 2.75) is 111 Å². The van der Waals surface area contributed by atoms with Crippen LogP contribution in [0.15, 0.2) is 11.0 Å². The lowest BCUT2D eigenvalue weighted by atomic mass is 9.73. The Morgan fingerprint density at radius 1 is 1.15 bits per heavy atom. The third-order valence-corrected chi connectivity index (χ3v) is 9.14. The van der Waals surface area contributed by atoms with Gasteiger partial charge in [0.15, 0.2) is 0 Å². The Bertz CT molecular complexity index is 1130. The number of aryl methyl sites for hydroxylation is 1. The summed E-state index contributed by atoms with van der Waals surface area (Å²) in [5.41, 5.74) is 0.183. The lowest BCUT2D eigenvalue weighted by Crippen LogP contribution is -2.45. The molecule has 0 bridgehead atoms. The standard InChI is InChI=1S/C29H42N2O7S/c1-15-9-8-10-21-22(31(21)28(37)18(4)32)12-23(16(2)11-20-14-39-19(5)30-20)38-25(34)13-24(33)29(6,7)27(36)17(3)26(15)35/h11,14-15,17,21-24,26,33,35H,8-10,12-13H2,1-7H3/b16-11+/t15-,17+,21+,22-,23-,24-,26-,31?/m0/s1. The summed E-state index contributed by atoms with van der Waals surface area (Å²) in [5.74, 6) is -3.03. The number of hydrogen-bond donors (Lipinski definition) is 2. The van der Waals surface area contributed by atoms with Gasteiger partial charge in [0.1, 0.15) is 11.9 Å². The molecule has 7 atom stereocenters. The Balaban J connectivity index is 1.94.